The van der Waals surface area contributed by atoms with Crippen molar-refractivity contribution in [1.29, 1.82) is 0 Å². The molecule has 1 heterocycles. The molecule has 0 fully saturated rings. The van der Waals surface area contributed by atoms with Gasteiger partial charge in [0, 0.05) is 13.2 Å². The fourth-order valence-electron chi connectivity index (χ4n) is 1.54. The van der Waals surface area contributed by atoms with E-state index in [-0.39, 0.29) is 6.61 Å². The molecule has 1 aromatic rings. The predicted octanol–water partition coefficient (Wildman–Crippen LogP) is 1.37. The van der Waals surface area contributed by atoms with Crippen LogP contribution in [0.2, 0.25) is 0 Å². The van der Waals surface area contributed by atoms with Crippen LogP contribution in [0.15, 0.2) is 6.20 Å². The van der Waals surface area contributed by atoms with Crippen molar-refractivity contribution in [3.63, 3.8) is 0 Å². The van der Waals surface area contributed by atoms with Gasteiger partial charge in [-0.1, -0.05) is 6.92 Å². The molecule has 1 aromatic heterocycles. The normalized spacial score (nSPS) is 12.8. The van der Waals surface area contributed by atoms with Gasteiger partial charge >= 0.3 is 0 Å². The molecule has 0 saturated heterocycles. The van der Waals surface area contributed by atoms with Gasteiger partial charge in [0.1, 0.15) is 11.8 Å². The number of aromatic nitrogens is 2. The number of ether oxygens (including phenoxy) is 2. The third-order valence-electron chi connectivity index (χ3n) is 2.30. The topological polar surface area (TPSA) is 56.5 Å². The van der Waals surface area contributed by atoms with E-state index in [4.69, 9.17) is 9.47 Å². The van der Waals surface area contributed by atoms with E-state index in [9.17, 15) is 5.11 Å². The first kappa shape index (κ1) is 13.0. The van der Waals surface area contributed by atoms with E-state index < -0.39 is 6.10 Å². The minimum absolute atomic E-state index is 0.274. The number of nitrogens with zero attached hydrogens (tertiary/aromatic N) is 2. The van der Waals surface area contributed by atoms with Gasteiger partial charge in [0.25, 0.3) is 0 Å². The van der Waals surface area contributed by atoms with Crippen LogP contribution in [0.1, 0.15) is 32.1 Å². The zero-order chi connectivity index (χ0) is 12.0. The predicted molar refractivity (Wildman–Crippen MR) is 60.5 cm³/mol. The van der Waals surface area contributed by atoms with E-state index in [0.717, 1.165) is 6.42 Å². The molecule has 1 N–H and O–H groups in total. The molecule has 0 aliphatic carbocycles. The van der Waals surface area contributed by atoms with E-state index in [0.29, 0.717) is 24.6 Å². The number of aliphatic hydroxyl groups excluding tert-OH is 1. The van der Waals surface area contributed by atoms with Crippen molar-refractivity contribution < 1.29 is 14.6 Å². The van der Waals surface area contributed by atoms with E-state index in [1.165, 1.54) is 0 Å². The van der Waals surface area contributed by atoms with Crippen LogP contribution in [0.3, 0.4) is 0 Å². The van der Waals surface area contributed by atoms with Crippen molar-refractivity contribution >= 4 is 0 Å². The SMILES string of the molecule is CCCOCC(O)c1c(OC)cnn1CC. The monoisotopic (exact) mass is 228 g/mol. The van der Waals surface area contributed by atoms with Crippen molar-refractivity contribution in [2.24, 2.45) is 0 Å². The molecule has 0 aliphatic rings. The van der Waals surface area contributed by atoms with Gasteiger partial charge in [-0.25, -0.2) is 0 Å². The Morgan fingerprint density at radius 2 is 2.25 bits per heavy atom. The van der Waals surface area contributed by atoms with Gasteiger partial charge in [-0.3, -0.25) is 4.68 Å². The first-order valence-corrected chi connectivity index (χ1v) is 5.60. The van der Waals surface area contributed by atoms with Crippen LogP contribution in [0.4, 0.5) is 0 Å². The summed E-state index contributed by atoms with van der Waals surface area (Å²) in [6.07, 6.45) is 1.86. The summed E-state index contributed by atoms with van der Waals surface area (Å²) < 4.78 is 12.2. The Labute approximate surface area is 96.0 Å². The second-order valence-electron chi connectivity index (χ2n) is 3.50. The molecule has 0 bridgehead atoms. The molecule has 0 aromatic carbocycles. The largest absolute Gasteiger partial charge is 0.493 e. The van der Waals surface area contributed by atoms with Crippen molar-refractivity contribution in [2.75, 3.05) is 20.3 Å². The number of hydrogen-bond donors (Lipinski definition) is 1. The molecule has 0 saturated carbocycles. The third kappa shape index (κ3) is 2.96. The first-order valence-electron chi connectivity index (χ1n) is 5.60. The molecule has 16 heavy (non-hydrogen) atoms. The maximum Gasteiger partial charge on any atom is 0.162 e. The summed E-state index contributed by atoms with van der Waals surface area (Å²) >= 11 is 0. The summed E-state index contributed by atoms with van der Waals surface area (Å²) in [5.41, 5.74) is 0.682. The van der Waals surface area contributed by atoms with Gasteiger partial charge in [-0.05, 0) is 13.3 Å². The summed E-state index contributed by atoms with van der Waals surface area (Å²) in [7, 11) is 1.57. The highest BCUT2D eigenvalue weighted by Gasteiger charge is 2.19. The van der Waals surface area contributed by atoms with Gasteiger partial charge in [0.15, 0.2) is 5.75 Å². The minimum Gasteiger partial charge on any atom is -0.493 e. The lowest BCUT2D eigenvalue weighted by Crippen LogP contribution is -2.14. The van der Waals surface area contributed by atoms with E-state index in [2.05, 4.69) is 5.10 Å². The quantitative estimate of drug-likeness (QED) is 0.716. The lowest BCUT2D eigenvalue weighted by molar-refractivity contribution is 0.0307. The van der Waals surface area contributed by atoms with E-state index >= 15 is 0 Å². The standard InChI is InChI=1S/C11H20N2O3/c1-4-6-16-8-9(14)11-10(15-3)7-12-13(11)5-2/h7,9,14H,4-6,8H2,1-3H3. The number of aryl methyl sites for hydroxylation is 1. The van der Waals surface area contributed by atoms with E-state index in [1.807, 2.05) is 13.8 Å². The Morgan fingerprint density at radius 1 is 1.50 bits per heavy atom. The number of methoxy groups -OCH3 is 1. The molecule has 5 heteroatoms. The molecule has 1 atom stereocenters. The van der Waals surface area contributed by atoms with Gasteiger partial charge in [-0.15, -0.1) is 0 Å². The lowest BCUT2D eigenvalue weighted by Gasteiger charge is -2.14. The van der Waals surface area contributed by atoms with Crippen LogP contribution in [0.5, 0.6) is 5.75 Å². The Bertz CT molecular complexity index is 291. The highest BCUT2D eigenvalue weighted by Crippen LogP contribution is 2.24. The van der Waals surface area contributed by atoms with Crippen molar-refractivity contribution in [1.82, 2.24) is 9.78 Å². The Morgan fingerprint density at radius 3 is 2.81 bits per heavy atom. The lowest BCUT2D eigenvalue weighted by atomic mass is 10.2. The zero-order valence-electron chi connectivity index (χ0n) is 10.1. The number of aliphatic hydroxyl groups is 1. The first-order chi connectivity index (χ1) is 7.74. The van der Waals surface area contributed by atoms with Gasteiger partial charge in [0.2, 0.25) is 0 Å². The number of rotatable bonds is 7. The summed E-state index contributed by atoms with van der Waals surface area (Å²) in [6, 6.07) is 0. The smallest absolute Gasteiger partial charge is 0.162 e. The molecule has 92 valence electrons. The average Bonchev–Trinajstić information content (AvgIpc) is 2.71. The zero-order valence-corrected chi connectivity index (χ0v) is 10.1. The third-order valence-corrected chi connectivity index (χ3v) is 2.30. The fourth-order valence-corrected chi connectivity index (χ4v) is 1.54. The molecule has 0 amide bonds. The molecule has 5 nitrogen and oxygen atoms in total. The molecule has 1 unspecified atom stereocenters. The number of hydrogen-bond acceptors (Lipinski definition) is 4. The molecule has 1 rings (SSSR count). The van der Waals surface area contributed by atoms with Crippen LogP contribution in [0.25, 0.3) is 0 Å². The average molecular weight is 228 g/mol. The second kappa shape index (κ2) is 6.50. The fraction of sp³-hybridized carbons (Fsp3) is 0.727. The molecule has 0 radical (unpaired) electrons. The van der Waals surface area contributed by atoms with Crippen molar-refractivity contribution in [2.45, 2.75) is 32.9 Å². The highest BCUT2D eigenvalue weighted by molar-refractivity contribution is 5.27. The van der Waals surface area contributed by atoms with Crippen molar-refractivity contribution in [3.05, 3.63) is 11.9 Å². The molecule has 0 spiro atoms. The molecular formula is C11H20N2O3. The summed E-state index contributed by atoms with van der Waals surface area (Å²) in [5, 5.41) is 14.1. The van der Waals surface area contributed by atoms with Crippen molar-refractivity contribution in [3.8, 4) is 5.75 Å². The second-order valence-corrected chi connectivity index (χ2v) is 3.50. The van der Waals surface area contributed by atoms with E-state index in [1.54, 1.807) is 18.0 Å². The molecular weight excluding hydrogens is 208 g/mol. The van der Waals surface area contributed by atoms with Crippen LogP contribution in [-0.2, 0) is 11.3 Å². The van der Waals surface area contributed by atoms with Crippen LogP contribution in [-0.4, -0.2) is 35.2 Å². The summed E-state index contributed by atoms with van der Waals surface area (Å²) in [6.45, 7) is 5.62. The maximum absolute atomic E-state index is 9.99. The minimum atomic E-state index is -0.691. The Balaban J connectivity index is 2.71. The van der Waals surface area contributed by atoms with Gasteiger partial charge in [0.05, 0.1) is 19.9 Å². The highest BCUT2D eigenvalue weighted by atomic mass is 16.5. The summed E-state index contributed by atoms with van der Waals surface area (Å²) in [5.74, 6) is 0.606. The van der Waals surface area contributed by atoms with Gasteiger partial charge in [-0.2, -0.15) is 5.10 Å². The van der Waals surface area contributed by atoms with Crippen LogP contribution in [0, 0.1) is 0 Å². The van der Waals surface area contributed by atoms with Gasteiger partial charge < -0.3 is 14.6 Å². The van der Waals surface area contributed by atoms with Crippen LogP contribution >= 0.6 is 0 Å². The van der Waals surface area contributed by atoms with Crippen LogP contribution < -0.4 is 4.74 Å². The maximum atomic E-state index is 9.99. The summed E-state index contributed by atoms with van der Waals surface area (Å²) in [4.78, 5) is 0. The molecule has 0 aliphatic heterocycles. The Hall–Kier alpha value is -1.07. The Kier molecular flexibility index (Phi) is 5.28.